The molecular formula is C18H14FNO3. The van der Waals surface area contributed by atoms with E-state index in [4.69, 9.17) is 9.26 Å². The molecule has 3 rings (SSSR count). The first kappa shape index (κ1) is 15.0. The number of hydrogen-bond acceptors (Lipinski definition) is 4. The Bertz CT molecular complexity index is 836. The Labute approximate surface area is 132 Å². The highest BCUT2D eigenvalue weighted by Crippen LogP contribution is 2.35. The van der Waals surface area contributed by atoms with Crippen molar-refractivity contribution >= 4 is 5.97 Å². The Morgan fingerprint density at radius 1 is 1.13 bits per heavy atom. The van der Waals surface area contributed by atoms with Crippen LogP contribution in [0.1, 0.15) is 15.9 Å². The van der Waals surface area contributed by atoms with Crippen LogP contribution in [0.3, 0.4) is 0 Å². The van der Waals surface area contributed by atoms with Gasteiger partial charge in [0.1, 0.15) is 17.1 Å². The van der Waals surface area contributed by atoms with Gasteiger partial charge in [-0.15, -0.1) is 0 Å². The lowest BCUT2D eigenvalue weighted by Crippen LogP contribution is -2.05. The predicted molar refractivity (Wildman–Crippen MR) is 83.4 cm³/mol. The van der Waals surface area contributed by atoms with Crippen LogP contribution in [-0.4, -0.2) is 18.2 Å². The van der Waals surface area contributed by atoms with E-state index < -0.39 is 11.8 Å². The minimum Gasteiger partial charge on any atom is -0.465 e. The summed E-state index contributed by atoms with van der Waals surface area (Å²) in [7, 11) is 1.27. The van der Waals surface area contributed by atoms with Crippen molar-refractivity contribution in [3.63, 3.8) is 0 Å². The van der Waals surface area contributed by atoms with Crippen molar-refractivity contribution in [2.45, 2.75) is 6.92 Å². The van der Waals surface area contributed by atoms with E-state index in [9.17, 15) is 9.18 Å². The first-order chi connectivity index (χ1) is 11.1. The lowest BCUT2D eigenvalue weighted by molar-refractivity contribution is 0.0602. The highest BCUT2D eigenvalue weighted by atomic mass is 19.1. The van der Waals surface area contributed by atoms with Crippen molar-refractivity contribution in [2.24, 2.45) is 0 Å². The van der Waals surface area contributed by atoms with Crippen LogP contribution in [0.5, 0.6) is 0 Å². The number of hydrogen-bond donors (Lipinski definition) is 0. The second-order valence-electron chi connectivity index (χ2n) is 5.02. The minimum atomic E-state index is -0.622. The van der Waals surface area contributed by atoms with Gasteiger partial charge in [0.25, 0.3) is 0 Å². The van der Waals surface area contributed by atoms with Crippen LogP contribution >= 0.6 is 0 Å². The third-order valence-electron chi connectivity index (χ3n) is 3.58. The number of carbonyl (C=O) groups excluding carboxylic acids is 1. The molecule has 3 aromatic rings. The van der Waals surface area contributed by atoms with E-state index in [0.717, 1.165) is 0 Å². The quantitative estimate of drug-likeness (QED) is 0.679. The summed E-state index contributed by atoms with van der Waals surface area (Å²) < 4.78 is 24.5. The maximum absolute atomic E-state index is 14.3. The summed E-state index contributed by atoms with van der Waals surface area (Å²) in [4.78, 5) is 12.2. The zero-order valence-electron chi connectivity index (χ0n) is 12.7. The van der Waals surface area contributed by atoms with Gasteiger partial charge >= 0.3 is 5.97 Å². The molecule has 0 unspecified atom stereocenters. The molecule has 5 heteroatoms. The highest BCUT2D eigenvalue weighted by Gasteiger charge is 2.28. The molecule has 0 saturated heterocycles. The van der Waals surface area contributed by atoms with E-state index in [2.05, 4.69) is 5.16 Å². The fourth-order valence-corrected chi connectivity index (χ4v) is 2.47. The zero-order valence-corrected chi connectivity index (χ0v) is 12.7. The fraction of sp³-hybridized carbons (Fsp3) is 0.111. The van der Waals surface area contributed by atoms with Crippen LogP contribution in [-0.2, 0) is 4.74 Å². The van der Waals surface area contributed by atoms with Crippen LogP contribution in [0.4, 0.5) is 4.39 Å². The molecule has 4 nitrogen and oxygen atoms in total. The molecule has 1 aromatic heterocycles. The van der Waals surface area contributed by atoms with Crippen molar-refractivity contribution in [1.29, 1.82) is 0 Å². The average Bonchev–Trinajstić information content (AvgIpc) is 2.99. The maximum Gasteiger partial charge on any atom is 0.344 e. The molecule has 0 aliphatic rings. The topological polar surface area (TPSA) is 52.3 Å². The van der Waals surface area contributed by atoms with Gasteiger partial charge in [-0.05, 0) is 18.6 Å². The van der Waals surface area contributed by atoms with Gasteiger partial charge in [-0.3, -0.25) is 0 Å². The van der Waals surface area contributed by atoms with E-state index in [1.165, 1.54) is 13.2 Å². The first-order valence-electron chi connectivity index (χ1n) is 7.02. The molecule has 0 amide bonds. The monoisotopic (exact) mass is 311 g/mol. The predicted octanol–water partition coefficient (Wildman–Crippen LogP) is 4.24. The summed E-state index contributed by atoms with van der Waals surface area (Å²) in [6.45, 7) is 1.75. The summed E-state index contributed by atoms with van der Waals surface area (Å²) in [6.07, 6.45) is 0. The molecule has 0 N–H and O–H groups in total. The number of carbonyl (C=O) groups is 1. The Morgan fingerprint density at radius 3 is 2.52 bits per heavy atom. The van der Waals surface area contributed by atoms with Crippen LogP contribution in [0, 0.1) is 12.7 Å². The number of aromatic nitrogens is 1. The molecule has 0 bridgehead atoms. The lowest BCUT2D eigenvalue weighted by Gasteiger charge is -2.06. The molecular weight excluding hydrogens is 297 g/mol. The highest BCUT2D eigenvalue weighted by molar-refractivity contribution is 6.02. The van der Waals surface area contributed by atoms with Gasteiger partial charge in [0.2, 0.25) is 0 Å². The van der Waals surface area contributed by atoms with E-state index in [1.54, 1.807) is 31.2 Å². The molecule has 1 heterocycles. The van der Waals surface area contributed by atoms with Gasteiger partial charge in [-0.25, -0.2) is 9.18 Å². The third kappa shape index (κ3) is 2.61. The number of aryl methyl sites for hydroxylation is 1. The van der Waals surface area contributed by atoms with E-state index in [0.29, 0.717) is 11.1 Å². The number of halogens is 1. The van der Waals surface area contributed by atoms with Gasteiger partial charge in [0.05, 0.1) is 7.11 Å². The summed E-state index contributed by atoms with van der Waals surface area (Å²) in [5.74, 6) is -0.832. The second-order valence-corrected chi connectivity index (χ2v) is 5.02. The Hall–Kier alpha value is -2.95. The number of ether oxygens (including phenoxy) is 1. The smallest absolute Gasteiger partial charge is 0.344 e. The van der Waals surface area contributed by atoms with E-state index in [1.807, 2.05) is 18.2 Å². The van der Waals surface area contributed by atoms with Gasteiger partial charge in [0.15, 0.2) is 5.76 Å². The van der Waals surface area contributed by atoms with Crippen LogP contribution in [0.2, 0.25) is 0 Å². The van der Waals surface area contributed by atoms with Gasteiger partial charge in [-0.2, -0.15) is 0 Å². The van der Waals surface area contributed by atoms with Gasteiger partial charge < -0.3 is 9.26 Å². The van der Waals surface area contributed by atoms with Crippen LogP contribution in [0.15, 0.2) is 53.1 Å². The Kier molecular flexibility index (Phi) is 3.93. The number of methoxy groups -OCH3 is 1. The first-order valence-corrected chi connectivity index (χ1v) is 7.02. The second kappa shape index (κ2) is 6.04. The van der Waals surface area contributed by atoms with Crippen LogP contribution in [0.25, 0.3) is 22.6 Å². The maximum atomic E-state index is 14.3. The molecule has 23 heavy (non-hydrogen) atoms. The summed E-state index contributed by atoms with van der Waals surface area (Å²) in [5, 5.41) is 3.94. The molecule has 0 fully saturated rings. The SMILES string of the molecule is COC(=O)c1c(-c2c(C)cccc2F)noc1-c1ccccc1. The van der Waals surface area contributed by atoms with E-state index >= 15 is 0 Å². The third-order valence-corrected chi connectivity index (χ3v) is 3.58. The average molecular weight is 311 g/mol. The molecule has 116 valence electrons. The molecule has 0 atom stereocenters. The van der Waals surface area contributed by atoms with Gasteiger partial charge in [0, 0.05) is 11.1 Å². The van der Waals surface area contributed by atoms with Crippen molar-refractivity contribution in [2.75, 3.05) is 7.11 Å². The molecule has 0 radical (unpaired) electrons. The van der Waals surface area contributed by atoms with Crippen LogP contribution < -0.4 is 0 Å². The van der Waals surface area contributed by atoms with Crippen molar-refractivity contribution < 1.29 is 18.4 Å². The molecule has 0 aliphatic carbocycles. The molecule has 0 aliphatic heterocycles. The molecule has 0 spiro atoms. The molecule has 2 aromatic carbocycles. The van der Waals surface area contributed by atoms with Crippen molar-refractivity contribution in [1.82, 2.24) is 5.16 Å². The standard InChI is InChI=1S/C18H14FNO3/c1-11-7-6-10-13(19)14(11)16-15(18(21)22-2)17(23-20-16)12-8-4-3-5-9-12/h3-10H,1-2H3. The minimum absolute atomic E-state index is 0.118. The Balaban J connectivity index is 2.27. The zero-order chi connectivity index (χ0) is 16.4. The van der Waals surface area contributed by atoms with Crippen molar-refractivity contribution in [3.8, 4) is 22.6 Å². The lowest BCUT2D eigenvalue weighted by atomic mass is 9.99. The number of benzene rings is 2. The largest absolute Gasteiger partial charge is 0.465 e. The number of esters is 1. The summed E-state index contributed by atoms with van der Waals surface area (Å²) >= 11 is 0. The molecule has 0 saturated carbocycles. The summed E-state index contributed by atoms with van der Waals surface area (Å²) in [5.41, 5.74) is 1.82. The van der Waals surface area contributed by atoms with Crippen molar-refractivity contribution in [3.05, 3.63) is 65.5 Å². The summed E-state index contributed by atoms with van der Waals surface area (Å²) in [6, 6.07) is 13.7. The number of rotatable bonds is 3. The van der Waals surface area contributed by atoms with Gasteiger partial charge in [-0.1, -0.05) is 47.6 Å². The van der Waals surface area contributed by atoms with E-state index in [-0.39, 0.29) is 22.6 Å². The fourth-order valence-electron chi connectivity index (χ4n) is 2.47. The number of nitrogens with zero attached hydrogens (tertiary/aromatic N) is 1. The normalized spacial score (nSPS) is 10.6. The Morgan fingerprint density at radius 2 is 1.87 bits per heavy atom.